The van der Waals surface area contributed by atoms with Crippen LogP contribution in [-0.4, -0.2) is 10.2 Å². The van der Waals surface area contributed by atoms with E-state index >= 15 is 0 Å². The fourth-order valence-corrected chi connectivity index (χ4v) is 3.24. The van der Waals surface area contributed by atoms with E-state index in [2.05, 4.69) is 64.3 Å². The van der Waals surface area contributed by atoms with E-state index in [0.29, 0.717) is 5.92 Å². The van der Waals surface area contributed by atoms with Crippen molar-refractivity contribution in [3.63, 3.8) is 0 Å². The zero-order valence-corrected chi connectivity index (χ0v) is 13.8. The number of aromatic nitrogens is 2. The van der Waals surface area contributed by atoms with Gasteiger partial charge in [0.1, 0.15) is 5.01 Å². The fourth-order valence-electron chi connectivity index (χ4n) is 1.79. The zero-order valence-electron chi connectivity index (χ0n) is 11.4. The monoisotopic (exact) mass is 339 g/mol. The molecule has 0 bridgehead atoms. The standard InChI is InChI=1S/C14H18BrN3S/c1-9(2)7-13-17-18-14(19-13)16-10(3)11-5-4-6-12(15)8-11/h4-6,8-10H,7H2,1-3H3,(H,16,18). The van der Waals surface area contributed by atoms with Gasteiger partial charge in [-0.15, -0.1) is 10.2 Å². The van der Waals surface area contributed by atoms with E-state index in [0.717, 1.165) is 21.0 Å². The molecule has 3 nitrogen and oxygen atoms in total. The summed E-state index contributed by atoms with van der Waals surface area (Å²) in [4.78, 5) is 0. The molecule has 0 aliphatic heterocycles. The molecule has 1 atom stereocenters. The highest BCUT2D eigenvalue weighted by Crippen LogP contribution is 2.25. The highest BCUT2D eigenvalue weighted by Gasteiger charge is 2.10. The van der Waals surface area contributed by atoms with Crippen LogP contribution in [0.5, 0.6) is 0 Å². The van der Waals surface area contributed by atoms with Crippen molar-refractivity contribution < 1.29 is 0 Å². The van der Waals surface area contributed by atoms with E-state index in [-0.39, 0.29) is 6.04 Å². The molecule has 0 amide bonds. The molecular weight excluding hydrogens is 322 g/mol. The largest absolute Gasteiger partial charge is 0.354 e. The van der Waals surface area contributed by atoms with E-state index in [1.165, 1.54) is 5.56 Å². The Kier molecular flexibility index (Phi) is 4.93. The molecule has 1 heterocycles. The van der Waals surface area contributed by atoms with Crippen molar-refractivity contribution >= 4 is 32.4 Å². The van der Waals surface area contributed by atoms with Crippen LogP contribution in [0.4, 0.5) is 5.13 Å². The molecule has 0 fully saturated rings. The number of nitrogens with one attached hydrogen (secondary N) is 1. The Bertz CT molecular complexity index is 539. The normalized spacial score (nSPS) is 12.7. The maximum absolute atomic E-state index is 4.22. The highest BCUT2D eigenvalue weighted by atomic mass is 79.9. The second-order valence-corrected chi connectivity index (χ2v) is 7.00. The molecule has 0 spiro atoms. The Labute approximate surface area is 126 Å². The van der Waals surface area contributed by atoms with E-state index in [1.54, 1.807) is 11.3 Å². The summed E-state index contributed by atoms with van der Waals surface area (Å²) in [5.74, 6) is 0.614. The first kappa shape index (κ1) is 14.5. The average molecular weight is 340 g/mol. The van der Waals surface area contributed by atoms with Gasteiger partial charge in [0, 0.05) is 10.9 Å². The van der Waals surface area contributed by atoms with Gasteiger partial charge in [-0.2, -0.15) is 0 Å². The molecule has 19 heavy (non-hydrogen) atoms. The van der Waals surface area contributed by atoms with Crippen LogP contribution in [0.1, 0.15) is 37.4 Å². The molecule has 0 saturated heterocycles. The number of hydrogen-bond acceptors (Lipinski definition) is 4. The van der Waals surface area contributed by atoms with Crippen LogP contribution in [0.3, 0.4) is 0 Å². The Balaban J connectivity index is 2.02. The summed E-state index contributed by atoms with van der Waals surface area (Å²) in [6.07, 6.45) is 0.991. The lowest BCUT2D eigenvalue weighted by Crippen LogP contribution is -2.06. The Morgan fingerprint density at radius 2 is 2.05 bits per heavy atom. The summed E-state index contributed by atoms with van der Waals surface area (Å²) < 4.78 is 1.09. The summed E-state index contributed by atoms with van der Waals surface area (Å²) in [5, 5.41) is 13.8. The van der Waals surface area contributed by atoms with Crippen molar-refractivity contribution in [3.8, 4) is 0 Å². The minimum atomic E-state index is 0.220. The Hall–Kier alpha value is -0.940. The first-order valence-electron chi connectivity index (χ1n) is 6.39. The van der Waals surface area contributed by atoms with Crippen LogP contribution in [-0.2, 0) is 6.42 Å². The third-order valence-corrected chi connectivity index (χ3v) is 4.11. The number of anilines is 1. The minimum Gasteiger partial charge on any atom is -0.354 e. The van der Waals surface area contributed by atoms with Gasteiger partial charge in [0.25, 0.3) is 0 Å². The van der Waals surface area contributed by atoms with Crippen molar-refractivity contribution in [2.45, 2.75) is 33.2 Å². The van der Waals surface area contributed by atoms with E-state index in [4.69, 9.17) is 0 Å². The van der Waals surface area contributed by atoms with Crippen molar-refractivity contribution in [1.29, 1.82) is 0 Å². The van der Waals surface area contributed by atoms with Gasteiger partial charge in [-0.25, -0.2) is 0 Å². The van der Waals surface area contributed by atoms with Crippen LogP contribution in [0.15, 0.2) is 28.7 Å². The molecular formula is C14H18BrN3S. The molecule has 2 aromatic rings. The number of halogens is 1. The van der Waals surface area contributed by atoms with Crippen molar-refractivity contribution in [1.82, 2.24) is 10.2 Å². The highest BCUT2D eigenvalue weighted by molar-refractivity contribution is 9.10. The number of nitrogens with zero attached hydrogens (tertiary/aromatic N) is 2. The van der Waals surface area contributed by atoms with Gasteiger partial charge >= 0.3 is 0 Å². The van der Waals surface area contributed by atoms with Crippen LogP contribution >= 0.6 is 27.3 Å². The number of rotatable bonds is 5. The second kappa shape index (κ2) is 6.48. The Morgan fingerprint density at radius 1 is 1.26 bits per heavy atom. The molecule has 0 aliphatic carbocycles. The molecule has 2 rings (SSSR count). The summed E-state index contributed by atoms with van der Waals surface area (Å²) in [6, 6.07) is 8.52. The lowest BCUT2D eigenvalue weighted by molar-refractivity contribution is 0.640. The molecule has 1 aromatic heterocycles. The quantitative estimate of drug-likeness (QED) is 0.859. The third kappa shape index (κ3) is 4.28. The average Bonchev–Trinajstić information content (AvgIpc) is 2.75. The maximum Gasteiger partial charge on any atom is 0.206 e. The number of benzene rings is 1. The van der Waals surface area contributed by atoms with Crippen molar-refractivity contribution in [3.05, 3.63) is 39.3 Å². The topological polar surface area (TPSA) is 37.8 Å². The molecule has 0 saturated carbocycles. The number of hydrogen-bond donors (Lipinski definition) is 1. The SMILES string of the molecule is CC(C)Cc1nnc(NC(C)c2cccc(Br)c2)s1. The molecule has 1 unspecified atom stereocenters. The molecule has 1 aromatic carbocycles. The van der Waals surface area contributed by atoms with Gasteiger partial charge in [-0.05, 0) is 30.5 Å². The lowest BCUT2D eigenvalue weighted by atomic mass is 10.1. The van der Waals surface area contributed by atoms with Gasteiger partial charge in [-0.3, -0.25) is 0 Å². The minimum absolute atomic E-state index is 0.220. The van der Waals surface area contributed by atoms with Gasteiger partial charge in [0.2, 0.25) is 5.13 Å². The maximum atomic E-state index is 4.22. The van der Waals surface area contributed by atoms with Crippen molar-refractivity contribution in [2.24, 2.45) is 5.92 Å². The first-order valence-corrected chi connectivity index (χ1v) is 8.00. The third-order valence-electron chi connectivity index (χ3n) is 2.74. The predicted octanol–water partition coefficient (Wildman–Crippen LogP) is 4.67. The van der Waals surface area contributed by atoms with Crippen molar-refractivity contribution in [2.75, 3.05) is 5.32 Å². The van der Waals surface area contributed by atoms with Crippen LogP contribution in [0, 0.1) is 5.92 Å². The molecule has 5 heteroatoms. The molecule has 0 aliphatic rings. The summed E-state index contributed by atoms with van der Waals surface area (Å²) in [6.45, 7) is 6.52. The Morgan fingerprint density at radius 3 is 2.74 bits per heavy atom. The van der Waals surface area contributed by atoms with Gasteiger partial charge in [0.05, 0.1) is 6.04 Å². The van der Waals surface area contributed by atoms with Gasteiger partial charge in [0.15, 0.2) is 0 Å². The summed E-state index contributed by atoms with van der Waals surface area (Å²) in [5.41, 5.74) is 1.23. The summed E-state index contributed by atoms with van der Waals surface area (Å²) in [7, 11) is 0. The van der Waals surface area contributed by atoms with E-state index < -0.39 is 0 Å². The smallest absolute Gasteiger partial charge is 0.206 e. The molecule has 1 N–H and O–H groups in total. The molecule has 0 radical (unpaired) electrons. The van der Waals surface area contributed by atoms with E-state index in [9.17, 15) is 0 Å². The molecule has 102 valence electrons. The fraction of sp³-hybridized carbons (Fsp3) is 0.429. The summed E-state index contributed by atoms with van der Waals surface area (Å²) >= 11 is 5.14. The van der Waals surface area contributed by atoms with Gasteiger partial charge in [-0.1, -0.05) is 53.2 Å². The van der Waals surface area contributed by atoms with Crippen LogP contribution in [0.2, 0.25) is 0 Å². The first-order chi connectivity index (χ1) is 9.04. The zero-order chi connectivity index (χ0) is 13.8. The second-order valence-electron chi connectivity index (χ2n) is 5.02. The van der Waals surface area contributed by atoms with Crippen LogP contribution in [0.25, 0.3) is 0 Å². The predicted molar refractivity (Wildman–Crippen MR) is 84.6 cm³/mol. The van der Waals surface area contributed by atoms with Gasteiger partial charge < -0.3 is 5.32 Å². The van der Waals surface area contributed by atoms with E-state index in [1.807, 2.05) is 12.1 Å². The van der Waals surface area contributed by atoms with Crippen LogP contribution < -0.4 is 5.32 Å². The lowest BCUT2D eigenvalue weighted by Gasteiger charge is -2.12.